The Labute approximate surface area is 159 Å². The zero-order chi connectivity index (χ0) is 19.6. The van der Waals surface area contributed by atoms with Crippen LogP contribution < -0.4 is 0 Å². The third-order valence-corrected chi connectivity index (χ3v) is 5.84. The van der Waals surface area contributed by atoms with E-state index in [9.17, 15) is 18.1 Å². The van der Waals surface area contributed by atoms with Crippen LogP contribution in [0.15, 0.2) is 77.7 Å². The minimum Gasteiger partial charge on any atom is -0.506 e. The molecule has 0 heterocycles. The van der Waals surface area contributed by atoms with Gasteiger partial charge < -0.3 is 5.11 Å². The quantitative estimate of drug-likeness (QED) is 0.613. The van der Waals surface area contributed by atoms with E-state index >= 15 is 0 Å². The largest absolute Gasteiger partial charge is 0.506 e. The highest BCUT2D eigenvalue weighted by molar-refractivity contribution is 7.86. The second kappa shape index (κ2) is 7.55. The number of aromatic hydroxyl groups is 1. The fourth-order valence-electron chi connectivity index (χ4n) is 3.28. The van der Waals surface area contributed by atoms with Gasteiger partial charge in [0.25, 0.3) is 10.1 Å². The summed E-state index contributed by atoms with van der Waals surface area (Å²) in [4.78, 5) is -0.458. The standard InChI is InChI=1S/C22H22O4S/c1-15(17-9-5-3-6-10-17)19-13-20(16(2)18-11-7-4-8-12-18)22(23)21(14-19)27(24,25)26/h3-16,23H,1-2H3,(H,24,25,26). The summed E-state index contributed by atoms with van der Waals surface area (Å²) in [6.45, 7) is 3.86. The lowest BCUT2D eigenvalue weighted by Gasteiger charge is -2.20. The van der Waals surface area contributed by atoms with Gasteiger partial charge in [0.15, 0.2) is 0 Å². The topological polar surface area (TPSA) is 74.6 Å². The van der Waals surface area contributed by atoms with Crippen molar-refractivity contribution in [1.82, 2.24) is 0 Å². The van der Waals surface area contributed by atoms with Crippen molar-refractivity contribution in [2.24, 2.45) is 0 Å². The van der Waals surface area contributed by atoms with E-state index < -0.39 is 20.8 Å². The van der Waals surface area contributed by atoms with Crippen LogP contribution in [-0.2, 0) is 10.1 Å². The third kappa shape index (κ3) is 4.04. The van der Waals surface area contributed by atoms with E-state index in [2.05, 4.69) is 0 Å². The number of phenols is 1. The molecule has 0 bridgehead atoms. The molecule has 3 aromatic carbocycles. The van der Waals surface area contributed by atoms with Crippen molar-refractivity contribution in [2.45, 2.75) is 30.6 Å². The fraction of sp³-hybridized carbons (Fsp3) is 0.182. The second-order valence-electron chi connectivity index (χ2n) is 6.70. The van der Waals surface area contributed by atoms with E-state index in [0.29, 0.717) is 11.1 Å². The second-order valence-corrected chi connectivity index (χ2v) is 8.09. The molecule has 0 aliphatic carbocycles. The summed E-state index contributed by atoms with van der Waals surface area (Å²) >= 11 is 0. The van der Waals surface area contributed by atoms with Crippen LogP contribution in [0.5, 0.6) is 5.75 Å². The van der Waals surface area contributed by atoms with E-state index in [1.54, 1.807) is 0 Å². The molecule has 0 saturated carbocycles. The van der Waals surface area contributed by atoms with E-state index in [1.807, 2.05) is 80.6 Å². The molecule has 0 spiro atoms. The highest BCUT2D eigenvalue weighted by Crippen LogP contribution is 2.39. The molecule has 0 fully saturated rings. The molecule has 5 heteroatoms. The van der Waals surface area contributed by atoms with E-state index in [1.165, 1.54) is 6.07 Å². The molecule has 0 aromatic heterocycles. The first-order valence-electron chi connectivity index (χ1n) is 8.73. The highest BCUT2D eigenvalue weighted by atomic mass is 32.2. The Morgan fingerprint density at radius 3 is 1.70 bits per heavy atom. The van der Waals surface area contributed by atoms with E-state index in [4.69, 9.17) is 0 Å². The van der Waals surface area contributed by atoms with Crippen LogP contribution in [0, 0.1) is 0 Å². The van der Waals surface area contributed by atoms with Crippen LogP contribution in [-0.4, -0.2) is 18.1 Å². The molecule has 0 saturated heterocycles. The Balaban J connectivity index is 2.18. The summed E-state index contributed by atoms with van der Waals surface area (Å²) in [5.41, 5.74) is 3.14. The van der Waals surface area contributed by atoms with Gasteiger partial charge in [0, 0.05) is 17.4 Å². The van der Waals surface area contributed by atoms with Gasteiger partial charge in [0.05, 0.1) is 0 Å². The van der Waals surface area contributed by atoms with Gasteiger partial charge in [-0.25, -0.2) is 0 Å². The monoisotopic (exact) mass is 382 g/mol. The van der Waals surface area contributed by atoms with Crippen molar-refractivity contribution in [3.63, 3.8) is 0 Å². The van der Waals surface area contributed by atoms with Gasteiger partial charge >= 0.3 is 0 Å². The minimum absolute atomic E-state index is 0.103. The number of benzene rings is 3. The molecule has 3 rings (SSSR count). The Bertz CT molecular complexity index is 1030. The first-order chi connectivity index (χ1) is 12.8. The summed E-state index contributed by atoms with van der Waals surface area (Å²) in [5, 5.41) is 10.6. The van der Waals surface area contributed by atoms with Crippen LogP contribution in [0.25, 0.3) is 0 Å². The molecule has 4 nitrogen and oxygen atoms in total. The maximum Gasteiger partial charge on any atom is 0.298 e. The van der Waals surface area contributed by atoms with Crippen molar-refractivity contribution < 1.29 is 18.1 Å². The van der Waals surface area contributed by atoms with Crippen LogP contribution in [0.2, 0.25) is 0 Å². The third-order valence-electron chi connectivity index (χ3n) is 4.97. The predicted molar refractivity (Wildman–Crippen MR) is 106 cm³/mol. The van der Waals surface area contributed by atoms with Crippen LogP contribution >= 0.6 is 0 Å². The van der Waals surface area contributed by atoms with Crippen LogP contribution in [0.3, 0.4) is 0 Å². The fourth-order valence-corrected chi connectivity index (χ4v) is 3.93. The summed E-state index contributed by atoms with van der Waals surface area (Å²) in [5.74, 6) is -0.749. The molecule has 2 atom stereocenters. The van der Waals surface area contributed by atoms with Gasteiger partial charge in [-0.1, -0.05) is 80.6 Å². The maximum atomic E-state index is 11.9. The highest BCUT2D eigenvalue weighted by Gasteiger charge is 2.25. The lowest BCUT2D eigenvalue weighted by molar-refractivity contribution is 0.436. The van der Waals surface area contributed by atoms with Gasteiger partial charge in [-0.2, -0.15) is 8.42 Å². The molecule has 2 N–H and O–H groups in total. The Kier molecular flexibility index (Phi) is 5.35. The number of phenolic OH excluding ortho intramolecular Hbond substituents is 1. The summed E-state index contributed by atoms with van der Waals surface area (Å²) in [6, 6.07) is 22.4. The molecule has 0 aliphatic heterocycles. The Hall–Kier alpha value is -2.63. The van der Waals surface area contributed by atoms with Gasteiger partial charge in [-0.15, -0.1) is 0 Å². The number of hydrogen-bond donors (Lipinski definition) is 2. The smallest absolute Gasteiger partial charge is 0.298 e. The number of hydrogen-bond acceptors (Lipinski definition) is 3. The van der Waals surface area contributed by atoms with E-state index in [-0.39, 0.29) is 11.8 Å². The molecule has 140 valence electrons. The first-order valence-corrected chi connectivity index (χ1v) is 10.2. The zero-order valence-electron chi connectivity index (χ0n) is 15.2. The molecular weight excluding hydrogens is 360 g/mol. The minimum atomic E-state index is -4.56. The molecule has 0 radical (unpaired) electrons. The Morgan fingerprint density at radius 1 is 0.741 bits per heavy atom. The summed E-state index contributed by atoms with van der Waals surface area (Å²) in [6.07, 6.45) is 0. The van der Waals surface area contributed by atoms with Gasteiger partial charge in [-0.3, -0.25) is 4.55 Å². The average Bonchev–Trinajstić information content (AvgIpc) is 2.67. The molecule has 3 aromatic rings. The maximum absolute atomic E-state index is 11.9. The zero-order valence-corrected chi connectivity index (χ0v) is 16.0. The Morgan fingerprint density at radius 2 is 1.22 bits per heavy atom. The SMILES string of the molecule is CC(c1ccccc1)c1cc(C(C)c2ccccc2)c(O)c(S(=O)(=O)O)c1. The summed E-state index contributed by atoms with van der Waals surface area (Å²) < 4.78 is 33.4. The number of rotatable bonds is 5. The lowest BCUT2D eigenvalue weighted by Crippen LogP contribution is -2.07. The van der Waals surface area contributed by atoms with Crippen molar-refractivity contribution >= 4 is 10.1 Å². The van der Waals surface area contributed by atoms with Crippen LogP contribution in [0.4, 0.5) is 0 Å². The normalized spacial score (nSPS) is 13.9. The van der Waals surface area contributed by atoms with Crippen molar-refractivity contribution in [2.75, 3.05) is 0 Å². The molecular formula is C22H22O4S. The lowest BCUT2D eigenvalue weighted by atomic mass is 9.87. The molecule has 0 aliphatic rings. The summed E-state index contributed by atoms with van der Waals surface area (Å²) in [7, 11) is -4.56. The van der Waals surface area contributed by atoms with Gasteiger partial charge in [0.2, 0.25) is 0 Å². The van der Waals surface area contributed by atoms with Crippen molar-refractivity contribution in [3.05, 3.63) is 95.1 Å². The molecule has 2 unspecified atom stereocenters. The first kappa shape index (κ1) is 19.1. The van der Waals surface area contributed by atoms with Crippen LogP contribution in [0.1, 0.15) is 47.9 Å². The molecule has 27 heavy (non-hydrogen) atoms. The van der Waals surface area contributed by atoms with Gasteiger partial charge in [0.1, 0.15) is 10.6 Å². The molecule has 0 amide bonds. The van der Waals surface area contributed by atoms with Crippen molar-refractivity contribution in [1.29, 1.82) is 0 Å². The van der Waals surface area contributed by atoms with Crippen molar-refractivity contribution in [3.8, 4) is 5.75 Å². The van der Waals surface area contributed by atoms with Gasteiger partial charge in [-0.05, 0) is 22.8 Å². The predicted octanol–water partition coefficient (Wildman–Crippen LogP) is 4.94. The average molecular weight is 382 g/mol. The van der Waals surface area contributed by atoms with E-state index in [0.717, 1.165) is 11.1 Å².